The third-order valence-corrected chi connectivity index (χ3v) is 3.11. The molecule has 0 aliphatic heterocycles. The minimum atomic E-state index is -0.457. The fourth-order valence-corrected chi connectivity index (χ4v) is 1.80. The molecular formula is C16H20N2O2. The quantitative estimate of drug-likeness (QED) is 0.801. The summed E-state index contributed by atoms with van der Waals surface area (Å²) in [5.41, 5.74) is 6.39. The van der Waals surface area contributed by atoms with Crippen molar-refractivity contribution in [2.75, 3.05) is 6.54 Å². The molecule has 0 saturated carbocycles. The van der Waals surface area contributed by atoms with Crippen LogP contribution in [-0.4, -0.2) is 18.4 Å². The van der Waals surface area contributed by atoms with Gasteiger partial charge in [-0.3, -0.25) is 9.59 Å². The molecule has 0 aliphatic carbocycles. The van der Waals surface area contributed by atoms with Crippen molar-refractivity contribution in [3.63, 3.8) is 0 Å². The van der Waals surface area contributed by atoms with Crippen LogP contribution in [-0.2, 0) is 4.79 Å². The maximum atomic E-state index is 11.7. The molecule has 0 heterocycles. The van der Waals surface area contributed by atoms with E-state index in [0.29, 0.717) is 12.1 Å². The molecule has 0 atom stereocenters. The van der Waals surface area contributed by atoms with Gasteiger partial charge >= 0.3 is 0 Å². The molecule has 3 N–H and O–H groups in total. The highest BCUT2D eigenvalue weighted by molar-refractivity contribution is 5.92. The lowest BCUT2D eigenvalue weighted by Crippen LogP contribution is -2.30. The van der Waals surface area contributed by atoms with Crippen LogP contribution in [0, 0.1) is 17.8 Å². The van der Waals surface area contributed by atoms with E-state index in [-0.39, 0.29) is 11.8 Å². The number of carbonyl (C=O) groups is 2. The van der Waals surface area contributed by atoms with E-state index in [4.69, 9.17) is 5.73 Å². The summed E-state index contributed by atoms with van der Waals surface area (Å²) in [6.07, 6.45) is 1.68. The number of benzene rings is 1. The van der Waals surface area contributed by atoms with Crippen LogP contribution in [0.15, 0.2) is 24.3 Å². The molecule has 0 bridgehead atoms. The molecule has 0 fully saturated rings. The summed E-state index contributed by atoms with van der Waals surface area (Å²) in [6, 6.07) is 6.73. The van der Waals surface area contributed by atoms with Gasteiger partial charge in [-0.1, -0.05) is 25.7 Å². The fourth-order valence-electron chi connectivity index (χ4n) is 1.80. The van der Waals surface area contributed by atoms with Crippen LogP contribution in [0.1, 0.15) is 42.6 Å². The Morgan fingerprint density at radius 1 is 1.20 bits per heavy atom. The number of hydrogen-bond acceptors (Lipinski definition) is 2. The third kappa shape index (κ3) is 4.77. The smallest absolute Gasteiger partial charge is 0.248 e. The van der Waals surface area contributed by atoms with Crippen LogP contribution in [0.4, 0.5) is 0 Å². The van der Waals surface area contributed by atoms with Crippen molar-refractivity contribution < 1.29 is 9.59 Å². The van der Waals surface area contributed by atoms with Crippen LogP contribution in [0.5, 0.6) is 0 Å². The molecule has 0 saturated heterocycles. The highest BCUT2D eigenvalue weighted by Gasteiger charge is 2.12. The van der Waals surface area contributed by atoms with Crippen molar-refractivity contribution in [2.45, 2.75) is 26.7 Å². The van der Waals surface area contributed by atoms with Gasteiger partial charge in [-0.15, -0.1) is 0 Å². The van der Waals surface area contributed by atoms with Gasteiger partial charge in [0.15, 0.2) is 0 Å². The minimum absolute atomic E-state index is 0.0494. The average molecular weight is 272 g/mol. The second-order valence-corrected chi connectivity index (χ2v) is 4.47. The molecule has 1 aromatic rings. The van der Waals surface area contributed by atoms with Gasteiger partial charge in [0.05, 0.1) is 6.54 Å². The number of nitrogens with one attached hydrogen (secondary N) is 1. The first kappa shape index (κ1) is 15.8. The standard InChI is InChI=1S/C16H20N2O2/c1-3-13(4-2)16(20)18-11-5-6-12-7-9-14(10-8-12)15(17)19/h7-10,13H,3-4,11H2,1-2H3,(H2,17,19)(H,18,20). The van der Waals surface area contributed by atoms with E-state index in [2.05, 4.69) is 17.2 Å². The zero-order chi connectivity index (χ0) is 15.0. The van der Waals surface area contributed by atoms with Gasteiger partial charge in [0, 0.05) is 17.0 Å². The number of primary amides is 1. The SMILES string of the molecule is CCC(CC)C(=O)NCC#Cc1ccc(C(N)=O)cc1. The molecule has 0 spiro atoms. The Kier molecular flexibility index (Phi) is 6.31. The van der Waals surface area contributed by atoms with Gasteiger partial charge in [-0.2, -0.15) is 0 Å². The van der Waals surface area contributed by atoms with Gasteiger partial charge in [0.1, 0.15) is 0 Å². The summed E-state index contributed by atoms with van der Waals surface area (Å²) in [4.78, 5) is 22.6. The molecule has 1 aromatic carbocycles. The van der Waals surface area contributed by atoms with Crippen molar-refractivity contribution in [3.8, 4) is 11.8 Å². The second-order valence-electron chi connectivity index (χ2n) is 4.47. The summed E-state index contributed by atoms with van der Waals surface area (Å²) >= 11 is 0. The maximum Gasteiger partial charge on any atom is 0.248 e. The third-order valence-electron chi connectivity index (χ3n) is 3.11. The molecule has 4 nitrogen and oxygen atoms in total. The van der Waals surface area contributed by atoms with E-state index in [0.717, 1.165) is 18.4 Å². The zero-order valence-corrected chi connectivity index (χ0v) is 11.9. The molecule has 1 rings (SSSR count). The van der Waals surface area contributed by atoms with Gasteiger partial charge in [-0.25, -0.2) is 0 Å². The van der Waals surface area contributed by atoms with Gasteiger partial charge in [0.2, 0.25) is 11.8 Å². The maximum absolute atomic E-state index is 11.7. The molecule has 4 heteroatoms. The number of carbonyl (C=O) groups excluding carboxylic acids is 2. The molecule has 2 amide bonds. The van der Waals surface area contributed by atoms with Crippen LogP contribution < -0.4 is 11.1 Å². The monoisotopic (exact) mass is 272 g/mol. The van der Waals surface area contributed by atoms with Crippen molar-refractivity contribution in [1.29, 1.82) is 0 Å². The first-order valence-electron chi connectivity index (χ1n) is 6.74. The normalized spacial score (nSPS) is 9.75. The predicted molar refractivity (Wildman–Crippen MR) is 78.9 cm³/mol. The zero-order valence-electron chi connectivity index (χ0n) is 11.9. The minimum Gasteiger partial charge on any atom is -0.366 e. The summed E-state index contributed by atoms with van der Waals surface area (Å²) in [5, 5.41) is 2.80. The number of hydrogen-bond donors (Lipinski definition) is 2. The lowest BCUT2D eigenvalue weighted by atomic mass is 10.0. The van der Waals surface area contributed by atoms with E-state index in [1.165, 1.54) is 0 Å². The van der Waals surface area contributed by atoms with Crippen LogP contribution >= 0.6 is 0 Å². The van der Waals surface area contributed by atoms with Gasteiger partial charge < -0.3 is 11.1 Å². The molecular weight excluding hydrogens is 252 g/mol. The summed E-state index contributed by atoms with van der Waals surface area (Å²) in [5.74, 6) is 5.47. The Hall–Kier alpha value is -2.28. The topological polar surface area (TPSA) is 72.2 Å². The Balaban J connectivity index is 2.50. The van der Waals surface area contributed by atoms with Crippen LogP contribution in [0.3, 0.4) is 0 Å². The lowest BCUT2D eigenvalue weighted by molar-refractivity contribution is -0.124. The first-order chi connectivity index (χ1) is 9.58. The Bertz CT molecular complexity index is 520. The predicted octanol–water partition coefficient (Wildman–Crippen LogP) is 1.69. The molecule has 0 aliphatic rings. The van der Waals surface area contributed by atoms with Crippen molar-refractivity contribution in [1.82, 2.24) is 5.32 Å². The van der Waals surface area contributed by atoms with E-state index >= 15 is 0 Å². The summed E-state index contributed by atoms with van der Waals surface area (Å²) in [6.45, 7) is 4.33. The van der Waals surface area contributed by atoms with E-state index < -0.39 is 5.91 Å². The van der Waals surface area contributed by atoms with Crippen LogP contribution in [0.2, 0.25) is 0 Å². The number of rotatable bonds is 5. The first-order valence-corrected chi connectivity index (χ1v) is 6.74. The molecule has 106 valence electrons. The Morgan fingerprint density at radius 3 is 2.30 bits per heavy atom. The number of amides is 2. The van der Waals surface area contributed by atoms with Gasteiger partial charge in [-0.05, 0) is 37.1 Å². The van der Waals surface area contributed by atoms with Crippen LogP contribution in [0.25, 0.3) is 0 Å². The second kappa shape index (κ2) is 8.00. The Labute approximate surface area is 119 Å². The lowest BCUT2D eigenvalue weighted by Gasteiger charge is -2.10. The van der Waals surface area contributed by atoms with Crippen molar-refractivity contribution in [3.05, 3.63) is 35.4 Å². The van der Waals surface area contributed by atoms with Crippen molar-refractivity contribution >= 4 is 11.8 Å². The largest absolute Gasteiger partial charge is 0.366 e. The fraction of sp³-hybridized carbons (Fsp3) is 0.375. The van der Waals surface area contributed by atoms with E-state index in [1.807, 2.05) is 13.8 Å². The highest BCUT2D eigenvalue weighted by Crippen LogP contribution is 2.06. The molecule has 0 unspecified atom stereocenters. The van der Waals surface area contributed by atoms with E-state index in [1.54, 1.807) is 24.3 Å². The Morgan fingerprint density at radius 2 is 1.80 bits per heavy atom. The number of nitrogens with two attached hydrogens (primary N) is 1. The summed E-state index contributed by atoms with van der Waals surface area (Å²) < 4.78 is 0. The summed E-state index contributed by atoms with van der Waals surface area (Å²) in [7, 11) is 0. The molecule has 20 heavy (non-hydrogen) atoms. The van der Waals surface area contributed by atoms with Crippen molar-refractivity contribution in [2.24, 2.45) is 11.7 Å². The van der Waals surface area contributed by atoms with Gasteiger partial charge in [0.25, 0.3) is 0 Å². The molecule has 0 radical (unpaired) electrons. The molecule has 0 aromatic heterocycles. The van der Waals surface area contributed by atoms with E-state index in [9.17, 15) is 9.59 Å². The highest BCUT2D eigenvalue weighted by atomic mass is 16.2. The average Bonchev–Trinajstić information content (AvgIpc) is 2.45.